The van der Waals surface area contributed by atoms with Gasteiger partial charge in [0, 0.05) is 0 Å². The average molecular weight is 344 g/mol. The van der Waals surface area contributed by atoms with E-state index in [1.54, 1.807) is 0 Å². The Labute approximate surface area is 114 Å². The molecule has 88 valence electrons. The summed E-state index contributed by atoms with van der Waals surface area (Å²) in [4.78, 5) is 0. The van der Waals surface area contributed by atoms with Crippen LogP contribution in [0.4, 0.5) is 0 Å². The van der Waals surface area contributed by atoms with Gasteiger partial charge in [-0.25, -0.2) is 0 Å². The third kappa shape index (κ3) is 2.67. The number of aryl methyl sites for hydroxylation is 2. The molecule has 0 atom stereocenters. The van der Waals surface area contributed by atoms with Gasteiger partial charge in [-0.05, 0) is 0 Å². The fourth-order valence-electron chi connectivity index (χ4n) is 2.00. The molecule has 0 bridgehead atoms. The first-order valence-electron chi connectivity index (χ1n) is 5.53. The Hall–Kier alpha value is -0.0969. The van der Waals surface area contributed by atoms with Crippen molar-refractivity contribution in [2.45, 2.75) is 13.8 Å². The van der Waals surface area contributed by atoms with Crippen molar-refractivity contribution in [2.75, 3.05) is 0 Å². The van der Waals surface area contributed by atoms with Crippen LogP contribution in [0, 0.1) is 13.8 Å². The quantitative estimate of drug-likeness (QED) is 0.779. The molecule has 0 aliphatic rings. The summed E-state index contributed by atoms with van der Waals surface area (Å²) in [5, 5.41) is 0. The molecule has 0 nitrogen and oxygen atoms in total. The fraction of sp³-hybridized carbons (Fsp3) is 0.143. The molecule has 0 amide bonds. The van der Waals surface area contributed by atoms with E-state index in [0.29, 0.717) is 0 Å². The summed E-state index contributed by atoms with van der Waals surface area (Å²) >= 11 is -3.42. The maximum absolute atomic E-state index is 6.77. The van der Waals surface area contributed by atoms with E-state index in [0.717, 1.165) is 6.54 Å². The van der Waals surface area contributed by atoms with Gasteiger partial charge in [-0.1, -0.05) is 0 Å². The monoisotopic (exact) mass is 342 g/mol. The van der Waals surface area contributed by atoms with Crippen LogP contribution in [0.2, 0.25) is 0 Å². The average Bonchev–Trinajstić information content (AvgIpc) is 2.29. The van der Waals surface area contributed by atoms with E-state index in [2.05, 4.69) is 38.1 Å². The Morgan fingerprint density at radius 1 is 0.706 bits per heavy atom. The van der Waals surface area contributed by atoms with Gasteiger partial charge in [-0.3, -0.25) is 0 Å². The van der Waals surface area contributed by atoms with Crippen LogP contribution in [0.3, 0.4) is 0 Å². The van der Waals surface area contributed by atoms with E-state index >= 15 is 0 Å². The molecule has 0 radical (unpaired) electrons. The van der Waals surface area contributed by atoms with Crippen LogP contribution in [-0.4, -0.2) is 0 Å². The Morgan fingerprint density at radius 2 is 1.06 bits per heavy atom. The van der Waals surface area contributed by atoms with E-state index < -0.39 is 17.9 Å². The van der Waals surface area contributed by atoms with Crippen LogP contribution >= 0.6 is 17.0 Å². The van der Waals surface area contributed by atoms with Crippen molar-refractivity contribution in [3.05, 3.63) is 59.7 Å². The van der Waals surface area contributed by atoms with Crippen molar-refractivity contribution in [3.8, 4) is 0 Å². The number of hydrogen-bond donors (Lipinski definition) is 0. The Balaban J connectivity index is 2.58. The van der Waals surface area contributed by atoms with Crippen LogP contribution in [0.15, 0.2) is 48.5 Å². The van der Waals surface area contributed by atoms with Crippen molar-refractivity contribution in [1.82, 2.24) is 0 Å². The Morgan fingerprint density at radius 3 is 1.41 bits per heavy atom. The number of hydrogen-bond acceptors (Lipinski definition) is 0. The molecule has 2 rings (SSSR count). The SMILES string of the molecule is Cc1cccc[c]1[Zr]([Cl])([Cl])[c]1ccccc1C. The standard InChI is InChI=1S/2C7H7.2ClH.Zr/c2*1-7-5-3-2-4-6-7;;;/h2*2-5H,1H3;2*1H;/q;;;;+2/p-2. The molecule has 0 spiro atoms. The molecule has 0 unspecified atom stereocenters. The number of benzene rings is 2. The van der Waals surface area contributed by atoms with Crippen molar-refractivity contribution in [3.63, 3.8) is 0 Å². The van der Waals surface area contributed by atoms with Gasteiger partial charge < -0.3 is 0 Å². The van der Waals surface area contributed by atoms with Gasteiger partial charge in [0.05, 0.1) is 0 Å². The minimum absolute atomic E-state index is 1.15. The molecule has 2 aromatic carbocycles. The maximum atomic E-state index is 6.77. The zero-order valence-corrected chi connectivity index (χ0v) is 13.8. The van der Waals surface area contributed by atoms with Crippen molar-refractivity contribution < 1.29 is 17.9 Å². The molecule has 0 aliphatic carbocycles. The zero-order valence-electron chi connectivity index (χ0n) is 9.87. The summed E-state index contributed by atoms with van der Waals surface area (Å²) in [5.74, 6) is 0. The number of rotatable bonds is 2. The molecule has 2 aromatic rings. The van der Waals surface area contributed by atoms with Gasteiger partial charge in [0.25, 0.3) is 0 Å². The molecule has 0 aromatic heterocycles. The second kappa shape index (κ2) is 5.26. The predicted molar refractivity (Wildman–Crippen MR) is 73.3 cm³/mol. The van der Waals surface area contributed by atoms with Gasteiger partial charge >= 0.3 is 115 Å². The zero-order chi connectivity index (χ0) is 12.5. The third-order valence-electron chi connectivity index (χ3n) is 2.97. The minimum atomic E-state index is -3.42. The van der Waals surface area contributed by atoms with Crippen molar-refractivity contribution in [2.24, 2.45) is 0 Å². The Kier molecular flexibility index (Phi) is 4.13. The molecule has 0 aliphatic heterocycles. The fourth-order valence-corrected chi connectivity index (χ4v) is 12.1. The summed E-state index contributed by atoms with van der Waals surface area (Å²) in [6.45, 7) is 4.15. The summed E-state index contributed by atoms with van der Waals surface area (Å²) in [6, 6.07) is 16.3. The van der Waals surface area contributed by atoms with E-state index in [-0.39, 0.29) is 0 Å². The first kappa shape index (κ1) is 13.3. The third-order valence-corrected chi connectivity index (χ3v) is 13.9. The molecule has 0 heterocycles. The van der Waals surface area contributed by atoms with Crippen LogP contribution in [-0.2, 0) is 17.9 Å². The molecule has 0 N–H and O–H groups in total. The summed E-state index contributed by atoms with van der Waals surface area (Å²) in [7, 11) is 13.5. The molecule has 3 heteroatoms. The van der Waals surface area contributed by atoms with E-state index in [1.165, 1.54) is 11.1 Å². The molecular weight excluding hydrogens is 330 g/mol. The van der Waals surface area contributed by atoms with E-state index in [1.807, 2.05) is 24.3 Å². The Bertz CT molecular complexity index is 488. The van der Waals surface area contributed by atoms with Gasteiger partial charge in [0.15, 0.2) is 0 Å². The second-order valence-corrected chi connectivity index (χ2v) is 17.5. The molecule has 0 saturated heterocycles. The van der Waals surface area contributed by atoms with Crippen LogP contribution in [0.5, 0.6) is 0 Å². The van der Waals surface area contributed by atoms with Gasteiger partial charge in [0.1, 0.15) is 0 Å². The summed E-state index contributed by atoms with van der Waals surface area (Å²) < 4.78 is 2.30. The second-order valence-electron chi connectivity index (χ2n) is 4.20. The van der Waals surface area contributed by atoms with Crippen LogP contribution in [0.1, 0.15) is 11.1 Å². The first-order chi connectivity index (χ1) is 8.03. The molecule has 0 saturated carbocycles. The number of halogens is 2. The van der Waals surface area contributed by atoms with E-state index in [9.17, 15) is 0 Å². The molecular formula is C14H14Cl2Zr. The van der Waals surface area contributed by atoms with Gasteiger partial charge in [-0.15, -0.1) is 0 Å². The summed E-state index contributed by atoms with van der Waals surface area (Å²) in [6.07, 6.45) is 0. The van der Waals surface area contributed by atoms with Crippen molar-refractivity contribution in [1.29, 1.82) is 0 Å². The normalized spacial score (nSPS) is 11.5. The summed E-state index contributed by atoms with van der Waals surface area (Å²) in [5.41, 5.74) is 2.38. The van der Waals surface area contributed by atoms with Gasteiger partial charge in [0.2, 0.25) is 0 Å². The van der Waals surface area contributed by atoms with E-state index in [4.69, 9.17) is 17.0 Å². The molecule has 17 heavy (non-hydrogen) atoms. The first-order valence-corrected chi connectivity index (χ1v) is 14.3. The molecule has 0 fully saturated rings. The van der Waals surface area contributed by atoms with Crippen LogP contribution < -0.4 is 6.54 Å². The topological polar surface area (TPSA) is 0 Å². The van der Waals surface area contributed by atoms with Crippen molar-refractivity contribution >= 4 is 23.6 Å². The van der Waals surface area contributed by atoms with Gasteiger partial charge in [-0.2, -0.15) is 0 Å². The predicted octanol–water partition coefficient (Wildman–Crippen LogP) is 3.72. The van der Waals surface area contributed by atoms with Crippen LogP contribution in [0.25, 0.3) is 0 Å².